The topological polar surface area (TPSA) is 94.0 Å². The van der Waals surface area contributed by atoms with Crippen molar-refractivity contribution in [1.82, 2.24) is 20.1 Å². The second-order valence-electron chi connectivity index (χ2n) is 4.96. The van der Waals surface area contributed by atoms with Crippen LogP contribution < -0.4 is 5.32 Å². The van der Waals surface area contributed by atoms with Crippen molar-refractivity contribution in [1.29, 1.82) is 0 Å². The molecule has 0 spiro atoms. The maximum absolute atomic E-state index is 12.0. The summed E-state index contributed by atoms with van der Waals surface area (Å²) in [6.07, 6.45) is 0.495. The third-order valence-corrected chi connectivity index (χ3v) is 6.18. The Kier molecular flexibility index (Phi) is 4.38. The number of carbonyl (C=O) groups excluding carboxylic acids is 1. The zero-order valence-electron chi connectivity index (χ0n) is 11.7. The standard InChI is InChI=1S/C11H18N4O3S2/c1-7(19-11-14-13-8(2)15(11)3)10(16)12-9-4-5-20(17,18)6-9/h7,9H,4-6H2,1-3H3,(H,12,16)/t7-,9+/m0/s1. The minimum Gasteiger partial charge on any atom is -0.351 e. The van der Waals surface area contributed by atoms with E-state index in [0.29, 0.717) is 11.6 Å². The van der Waals surface area contributed by atoms with Crippen LogP contribution in [0.2, 0.25) is 0 Å². The van der Waals surface area contributed by atoms with Gasteiger partial charge in [-0.3, -0.25) is 4.79 Å². The van der Waals surface area contributed by atoms with E-state index in [1.54, 1.807) is 6.92 Å². The molecule has 0 aromatic carbocycles. The molecule has 1 saturated heterocycles. The molecule has 1 N–H and O–H groups in total. The van der Waals surface area contributed by atoms with Crippen molar-refractivity contribution in [2.24, 2.45) is 7.05 Å². The van der Waals surface area contributed by atoms with Crippen molar-refractivity contribution in [2.45, 2.75) is 36.7 Å². The SMILES string of the molecule is Cc1nnc(S[C@@H](C)C(=O)N[C@@H]2CCS(=O)(=O)C2)n1C. The quantitative estimate of drug-likeness (QED) is 0.780. The highest BCUT2D eigenvalue weighted by molar-refractivity contribution is 8.00. The Hall–Kier alpha value is -1.09. The number of carbonyl (C=O) groups is 1. The van der Waals surface area contributed by atoms with Crippen LogP contribution in [0.15, 0.2) is 5.16 Å². The first kappa shape index (κ1) is 15.3. The molecule has 0 bridgehead atoms. The van der Waals surface area contributed by atoms with Gasteiger partial charge in [-0.15, -0.1) is 10.2 Å². The van der Waals surface area contributed by atoms with Crippen molar-refractivity contribution in [3.05, 3.63) is 5.82 Å². The highest BCUT2D eigenvalue weighted by Gasteiger charge is 2.30. The number of nitrogens with zero attached hydrogens (tertiary/aromatic N) is 3. The van der Waals surface area contributed by atoms with Crippen LogP contribution >= 0.6 is 11.8 Å². The van der Waals surface area contributed by atoms with E-state index >= 15 is 0 Å². The molecular formula is C11H18N4O3S2. The Morgan fingerprint density at radius 2 is 2.20 bits per heavy atom. The maximum atomic E-state index is 12.0. The summed E-state index contributed by atoms with van der Waals surface area (Å²) in [6.45, 7) is 3.61. The van der Waals surface area contributed by atoms with Crippen LogP contribution in [0, 0.1) is 6.92 Å². The van der Waals surface area contributed by atoms with Crippen LogP contribution in [0.5, 0.6) is 0 Å². The summed E-state index contributed by atoms with van der Waals surface area (Å²) < 4.78 is 24.5. The van der Waals surface area contributed by atoms with Gasteiger partial charge in [-0.05, 0) is 20.3 Å². The van der Waals surface area contributed by atoms with E-state index in [-0.39, 0.29) is 28.7 Å². The van der Waals surface area contributed by atoms with E-state index in [9.17, 15) is 13.2 Å². The highest BCUT2D eigenvalue weighted by atomic mass is 32.2. The summed E-state index contributed by atoms with van der Waals surface area (Å²) in [6, 6.07) is -0.267. The van der Waals surface area contributed by atoms with Gasteiger partial charge in [0, 0.05) is 13.1 Å². The highest BCUT2D eigenvalue weighted by Crippen LogP contribution is 2.22. The van der Waals surface area contributed by atoms with Gasteiger partial charge >= 0.3 is 0 Å². The number of hydrogen-bond acceptors (Lipinski definition) is 6. The number of amides is 1. The molecule has 112 valence electrons. The Morgan fingerprint density at radius 1 is 1.50 bits per heavy atom. The second kappa shape index (κ2) is 5.72. The smallest absolute Gasteiger partial charge is 0.233 e. The minimum absolute atomic E-state index is 0.0409. The summed E-state index contributed by atoms with van der Waals surface area (Å²) in [7, 11) is -1.14. The number of aromatic nitrogens is 3. The predicted molar refractivity (Wildman–Crippen MR) is 76.3 cm³/mol. The van der Waals surface area contributed by atoms with Crippen LogP contribution in [-0.4, -0.2) is 51.9 Å². The number of sulfone groups is 1. The van der Waals surface area contributed by atoms with Gasteiger partial charge < -0.3 is 9.88 Å². The van der Waals surface area contributed by atoms with Crippen molar-refractivity contribution < 1.29 is 13.2 Å². The second-order valence-corrected chi connectivity index (χ2v) is 8.49. The molecule has 1 aromatic heterocycles. The Morgan fingerprint density at radius 3 is 2.70 bits per heavy atom. The van der Waals surface area contributed by atoms with Gasteiger partial charge in [0.2, 0.25) is 5.91 Å². The number of rotatable bonds is 4. The minimum atomic E-state index is -2.98. The maximum Gasteiger partial charge on any atom is 0.233 e. The number of thioether (sulfide) groups is 1. The molecule has 20 heavy (non-hydrogen) atoms. The summed E-state index contributed by atoms with van der Waals surface area (Å²) in [5.41, 5.74) is 0. The number of hydrogen-bond donors (Lipinski definition) is 1. The number of nitrogens with one attached hydrogen (secondary N) is 1. The van der Waals surface area contributed by atoms with Crippen LogP contribution in [-0.2, 0) is 21.7 Å². The van der Waals surface area contributed by atoms with Crippen molar-refractivity contribution in [3.63, 3.8) is 0 Å². The van der Waals surface area contributed by atoms with Gasteiger partial charge in [0.15, 0.2) is 15.0 Å². The van der Waals surface area contributed by atoms with Crippen LogP contribution in [0.25, 0.3) is 0 Å². The molecule has 0 unspecified atom stereocenters. The van der Waals surface area contributed by atoms with Crippen LogP contribution in [0.1, 0.15) is 19.2 Å². The molecule has 2 heterocycles. The average Bonchev–Trinajstić information content (AvgIpc) is 2.85. The molecule has 2 rings (SSSR count). The number of aryl methyl sites for hydroxylation is 1. The molecule has 2 atom stereocenters. The summed E-state index contributed by atoms with van der Waals surface area (Å²) in [5, 5.41) is 11.0. The lowest BCUT2D eigenvalue weighted by Crippen LogP contribution is -2.40. The molecule has 0 aliphatic carbocycles. The van der Waals surface area contributed by atoms with E-state index in [0.717, 1.165) is 5.82 Å². The lowest BCUT2D eigenvalue weighted by Gasteiger charge is -2.15. The monoisotopic (exact) mass is 318 g/mol. The molecule has 1 aromatic rings. The first-order chi connectivity index (χ1) is 9.28. The third-order valence-electron chi connectivity index (χ3n) is 3.28. The normalized spacial score (nSPS) is 22.6. The van der Waals surface area contributed by atoms with Gasteiger partial charge in [-0.1, -0.05) is 11.8 Å². The van der Waals surface area contributed by atoms with Crippen molar-refractivity contribution >= 4 is 27.5 Å². The average molecular weight is 318 g/mol. The van der Waals surface area contributed by atoms with E-state index in [4.69, 9.17) is 0 Å². The fourth-order valence-corrected chi connectivity index (χ4v) is 4.47. The van der Waals surface area contributed by atoms with E-state index in [1.807, 2.05) is 18.5 Å². The molecule has 0 saturated carbocycles. The summed E-state index contributed by atoms with van der Waals surface area (Å²) >= 11 is 1.31. The van der Waals surface area contributed by atoms with E-state index in [2.05, 4.69) is 15.5 Å². The molecule has 1 aliphatic rings. The lowest BCUT2D eigenvalue weighted by atomic mass is 10.2. The summed E-state index contributed by atoms with van der Waals surface area (Å²) in [4.78, 5) is 12.0. The van der Waals surface area contributed by atoms with E-state index < -0.39 is 9.84 Å². The molecule has 1 fully saturated rings. The van der Waals surface area contributed by atoms with Gasteiger partial charge in [-0.25, -0.2) is 8.42 Å². The molecule has 7 nitrogen and oxygen atoms in total. The largest absolute Gasteiger partial charge is 0.351 e. The molecule has 1 amide bonds. The zero-order chi connectivity index (χ0) is 14.9. The van der Waals surface area contributed by atoms with Crippen molar-refractivity contribution in [2.75, 3.05) is 11.5 Å². The van der Waals surface area contributed by atoms with Gasteiger partial charge in [0.1, 0.15) is 5.82 Å². The van der Waals surface area contributed by atoms with Crippen LogP contribution in [0.3, 0.4) is 0 Å². The fraction of sp³-hybridized carbons (Fsp3) is 0.727. The zero-order valence-corrected chi connectivity index (χ0v) is 13.3. The lowest BCUT2D eigenvalue weighted by molar-refractivity contribution is -0.120. The molecule has 1 aliphatic heterocycles. The Labute approximate surface area is 122 Å². The van der Waals surface area contributed by atoms with Gasteiger partial charge in [0.05, 0.1) is 16.8 Å². The van der Waals surface area contributed by atoms with Gasteiger partial charge in [-0.2, -0.15) is 0 Å². The third kappa shape index (κ3) is 3.51. The Balaban J connectivity index is 1.91. The van der Waals surface area contributed by atoms with Crippen LogP contribution in [0.4, 0.5) is 0 Å². The predicted octanol–water partition coefficient (Wildman–Crippen LogP) is -0.0926. The van der Waals surface area contributed by atoms with Crippen molar-refractivity contribution in [3.8, 4) is 0 Å². The molecular weight excluding hydrogens is 300 g/mol. The molecule has 0 radical (unpaired) electrons. The summed E-state index contributed by atoms with van der Waals surface area (Å²) in [5.74, 6) is 0.806. The first-order valence-electron chi connectivity index (χ1n) is 6.32. The van der Waals surface area contributed by atoms with E-state index in [1.165, 1.54) is 11.8 Å². The Bertz CT molecular complexity index is 611. The van der Waals surface area contributed by atoms with Gasteiger partial charge in [0.25, 0.3) is 0 Å². The fourth-order valence-electron chi connectivity index (χ4n) is 1.93. The first-order valence-corrected chi connectivity index (χ1v) is 9.02. The molecule has 9 heteroatoms.